The molecule has 0 unspecified atom stereocenters. The number of aryl methyl sites for hydroxylation is 1. The van der Waals surface area contributed by atoms with Crippen LogP contribution in [0.25, 0.3) is 27.8 Å². The largest absolute Gasteiger partial charge is 0.310 e. The van der Waals surface area contributed by atoms with Gasteiger partial charge in [-0.2, -0.15) is 0 Å². The molecule has 46 heavy (non-hydrogen) atoms. The van der Waals surface area contributed by atoms with Crippen molar-refractivity contribution in [3.05, 3.63) is 150 Å². The maximum Gasteiger partial charge on any atom is 0.249 e. The SMILES string of the molecule is Cc1cc2c3c(c1)-n1c4c(c5c(N(c6ccccc6)c6ccccc6)ccc(c51)B3c1ccccc1S2)C(C)(C)c1ccccc1-4. The van der Waals surface area contributed by atoms with Gasteiger partial charge in [0.05, 0.1) is 16.9 Å². The van der Waals surface area contributed by atoms with Crippen LogP contribution in [0.15, 0.2) is 143 Å². The molecule has 4 heteroatoms. The molecule has 218 valence electrons. The van der Waals surface area contributed by atoms with Crippen LogP contribution in [0.5, 0.6) is 0 Å². The van der Waals surface area contributed by atoms with E-state index in [1.807, 2.05) is 11.8 Å². The van der Waals surface area contributed by atoms with E-state index in [1.165, 1.54) is 76.4 Å². The Hall–Kier alpha value is -4.93. The summed E-state index contributed by atoms with van der Waals surface area (Å²) < 4.78 is 2.65. The Morgan fingerprint density at radius 1 is 0.674 bits per heavy atom. The van der Waals surface area contributed by atoms with Gasteiger partial charge >= 0.3 is 0 Å². The van der Waals surface area contributed by atoms with Gasteiger partial charge in [-0.15, -0.1) is 0 Å². The second-order valence-electron chi connectivity index (χ2n) is 13.4. The fourth-order valence-corrected chi connectivity index (χ4v) is 9.88. The summed E-state index contributed by atoms with van der Waals surface area (Å²) >= 11 is 1.93. The average molecular weight is 607 g/mol. The topological polar surface area (TPSA) is 8.17 Å². The van der Waals surface area contributed by atoms with Crippen LogP contribution >= 0.6 is 11.8 Å². The van der Waals surface area contributed by atoms with Gasteiger partial charge in [-0.1, -0.05) is 116 Å². The van der Waals surface area contributed by atoms with Crippen molar-refractivity contribution in [3.63, 3.8) is 0 Å². The number of nitrogens with zero attached hydrogens (tertiary/aromatic N) is 2. The number of benzene rings is 6. The molecule has 0 bridgehead atoms. The maximum atomic E-state index is 2.65. The number of rotatable bonds is 3. The molecule has 0 amide bonds. The third-order valence-corrected chi connectivity index (χ3v) is 11.6. The standard InChI is InChI=1S/C42H31BN2S/c1-26-24-34-39-36(25-26)46-35-21-13-12-20-31(35)43(39)32-22-23-33(44(27-14-6-4-7-15-27)28-16-8-5-9-17-28)37-38-40(45(34)41(32)37)29-18-10-11-19-30(29)42(38,2)3/h4-25H,1-3H3. The second-order valence-corrected chi connectivity index (χ2v) is 14.5. The van der Waals surface area contributed by atoms with Crippen LogP contribution in [-0.2, 0) is 5.41 Å². The first-order chi connectivity index (χ1) is 22.5. The molecule has 6 aromatic carbocycles. The molecule has 0 saturated carbocycles. The highest BCUT2D eigenvalue weighted by Gasteiger charge is 2.46. The number of hydrogen-bond acceptors (Lipinski definition) is 2. The molecule has 0 saturated heterocycles. The van der Waals surface area contributed by atoms with Crippen LogP contribution < -0.4 is 21.3 Å². The van der Waals surface area contributed by atoms with Crippen LogP contribution in [0, 0.1) is 6.92 Å². The quantitative estimate of drug-likeness (QED) is 0.186. The van der Waals surface area contributed by atoms with E-state index in [-0.39, 0.29) is 12.1 Å². The minimum absolute atomic E-state index is 0.179. The smallest absolute Gasteiger partial charge is 0.249 e. The van der Waals surface area contributed by atoms with Gasteiger partial charge in [-0.3, -0.25) is 0 Å². The first-order valence-corrected chi connectivity index (χ1v) is 17.0. The van der Waals surface area contributed by atoms with Crippen molar-refractivity contribution in [1.82, 2.24) is 4.57 Å². The van der Waals surface area contributed by atoms with Crippen molar-refractivity contribution in [3.8, 4) is 16.9 Å². The lowest BCUT2D eigenvalue weighted by molar-refractivity contribution is 0.666. The monoisotopic (exact) mass is 606 g/mol. The Bertz CT molecular complexity index is 2350. The van der Waals surface area contributed by atoms with Crippen LogP contribution in [0.2, 0.25) is 0 Å². The Morgan fingerprint density at radius 2 is 1.35 bits per heavy atom. The highest BCUT2D eigenvalue weighted by molar-refractivity contribution is 8.00. The highest BCUT2D eigenvalue weighted by atomic mass is 32.2. The van der Waals surface area contributed by atoms with Crippen molar-refractivity contribution in [2.75, 3.05) is 4.90 Å². The molecule has 0 spiro atoms. The second kappa shape index (κ2) is 9.31. The average Bonchev–Trinajstić information content (AvgIpc) is 3.56. The van der Waals surface area contributed by atoms with Crippen LogP contribution in [0.4, 0.5) is 17.1 Å². The molecule has 0 N–H and O–H groups in total. The van der Waals surface area contributed by atoms with E-state index in [9.17, 15) is 0 Å². The summed E-state index contributed by atoms with van der Waals surface area (Å²) in [6.07, 6.45) is 0. The molecule has 0 atom stereocenters. The molecule has 0 radical (unpaired) electrons. The van der Waals surface area contributed by atoms with Crippen molar-refractivity contribution in [2.24, 2.45) is 0 Å². The summed E-state index contributed by atoms with van der Waals surface area (Å²) in [5.74, 6) is 0. The lowest BCUT2D eigenvalue weighted by Crippen LogP contribution is -2.58. The van der Waals surface area contributed by atoms with E-state index < -0.39 is 0 Å². The molecule has 1 aliphatic carbocycles. The Labute approximate surface area is 274 Å². The third-order valence-electron chi connectivity index (χ3n) is 10.4. The number of fused-ring (bicyclic) bond motifs is 9. The number of aromatic nitrogens is 1. The van der Waals surface area contributed by atoms with Crippen LogP contribution in [-0.4, -0.2) is 11.3 Å². The van der Waals surface area contributed by atoms with Crippen LogP contribution in [0.3, 0.4) is 0 Å². The predicted octanol–water partition coefficient (Wildman–Crippen LogP) is 9.01. The summed E-state index contributed by atoms with van der Waals surface area (Å²) in [5.41, 5.74) is 17.1. The van der Waals surface area contributed by atoms with Crippen LogP contribution in [0.1, 0.15) is 30.5 Å². The number of para-hydroxylation sites is 2. The molecular weight excluding hydrogens is 575 g/mol. The maximum absolute atomic E-state index is 2.65. The number of hydrogen-bond donors (Lipinski definition) is 0. The first-order valence-electron chi connectivity index (χ1n) is 16.2. The van der Waals surface area contributed by atoms with Gasteiger partial charge in [0, 0.05) is 43.2 Å². The van der Waals surface area contributed by atoms with E-state index in [4.69, 9.17) is 0 Å². The van der Waals surface area contributed by atoms with E-state index in [2.05, 4.69) is 164 Å². The Morgan fingerprint density at radius 3 is 2.11 bits per heavy atom. The molecule has 3 heterocycles. The zero-order valence-corrected chi connectivity index (χ0v) is 26.9. The van der Waals surface area contributed by atoms with Gasteiger partial charge < -0.3 is 9.47 Å². The van der Waals surface area contributed by atoms with E-state index in [0.717, 1.165) is 11.4 Å². The Balaban J connectivity index is 1.41. The van der Waals surface area contributed by atoms with E-state index in [1.54, 1.807) is 0 Å². The minimum atomic E-state index is -0.179. The first kappa shape index (κ1) is 26.3. The Kier molecular flexibility index (Phi) is 5.32. The number of anilines is 3. The van der Waals surface area contributed by atoms with Gasteiger partial charge in [-0.05, 0) is 83.1 Å². The zero-order valence-electron chi connectivity index (χ0n) is 26.1. The predicted molar refractivity (Wildman–Crippen MR) is 195 cm³/mol. The highest BCUT2D eigenvalue weighted by Crippen LogP contribution is 2.56. The van der Waals surface area contributed by atoms with Crippen molar-refractivity contribution in [1.29, 1.82) is 0 Å². The lowest BCUT2D eigenvalue weighted by atomic mass is 9.35. The van der Waals surface area contributed by atoms with Gasteiger partial charge in [0.2, 0.25) is 6.71 Å². The van der Waals surface area contributed by atoms with Gasteiger partial charge in [-0.25, -0.2) is 0 Å². The minimum Gasteiger partial charge on any atom is -0.310 e. The third kappa shape index (κ3) is 3.35. The molecular formula is C42H31BN2S. The molecule has 3 aliphatic rings. The summed E-state index contributed by atoms with van der Waals surface area (Å²) in [7, 11) is 0. The lowest BCUT2D eigenvalue weighted by Gasteiger charge is -2.35. The zero-order chi connectivity index (χ0) is 30.7. The summed E-state index contributed by atoms with van der Waals surface area (Å²) in [4.78, 5) is 5.21. The van der Waals surface area contributed by atoms with Gasteiger partial charge in [0.1, 0.15) is 0 Å². The molecule has 0 fully saturated rings. The van der Waals surface area contributed by atoms with Gasteiger partial charge in [0.25, 0.3) is 0 Å². The summed E-state index contributed by atoms with van der Waals surface area (Å²) in [5, 5.41) is 1.35. The molecule has 2 nitrogen and oxygen atoms in total. The van der Waals surface area contributed by atoms with Crippen molar-refractivity contribution >= 4 is 62.8 Å². The van der Waals surface area contributed by atoms with Crippen molar-refractivity contribution in [2.45, 2.75) is 36.0 Å². The van der Waals surface area contributed by atoms with Gasteiger partial charge in [0.15, 0.2) is 0 Å². The summed E-state index contributed by atoms with van der Waals surface area (Å²) in [6, 6.07) is 49.5. The van der Waals surface area contributed by atoms with Crippen molar-refractivity contribution < 1.29 is 0 Å². The van der Waals surface area contributed by atoms with E-state index in [0.29, 0.717) is 0 Å². The molecule has 1 aromatic heterocycles. The van der Waals surface area contributed by atoms with E-state index >= 15 is 0 Å². The molecule has 2 aliphatic heterocycles. The normalized spacial score (nSPS) is 14.5. The molecule has 7 aromatic rings. The summed E-state index contributed by atoms with van der Waals surface area (Å²) in [6.45, 7) is 7.29. The fraction of sp³-hybridized carbons (Fsp3) is 0.0952. The fourth-order valence-electron chi connectivity index (χ4n) is 8.61. The molecule has 10 rings (SSSR count).